The topological polar surface area (TPSA) is 123 Å². The van der Waals surface area contributed by atoms with Crippen LogP contribution >= 0.6 is 0 Å². The van der Waals surface area contributed by atoms with Crippen molar-refractivity contribution in [3.05, 3.63) is 30.1 Å². The summed E-state index contributed by atoms with van der Waals surface area (Å²) >= 11 is 0. The van der Waals surface area contributed by atoms with Crippen LogP contribution in [-0.2, 0) is 16.3 Å². The van der Waals surface area contributed by atoms with Crippen LogP contribution in [0.15, 0.2) is 24.5 Å². The number of nitrogens with one attached hydrogen (secondary N) is 1. The second kappa shape index (κ2) is 9.49. The average molecular weight is 338 g/mol. The van der Waals surface area contributed by atoms with Crippen molar-refractivity contribution in [3.8, 4) is 0 Å². The predicted molar refractivity (Wildman–Crippen MR) is 84.8 cm³/mol. The highest BCUT2D eigenvalue weighted by molar-refractivity contribution is 5.92. The molecule has 4 N–H and O–H groups in total. The van der Waals surface area contributed by atoms with Gasteiger partial charge in [-0.1, -0.05) is 13.8 Å². The third kappa shape index (κ3) is 7.57. The molecular weight excluding hydrogens is 314 g/mol. The fourth-order valence-electron chi connectivity index (χ4n) is 2.31. The molecule has 0 aromatic carbocycles. The van der Waals surface area contributed by atoms with Gasteiger partial charge in [0.15, 0.2) is 12.4 Å². The molecule has 0 aliphatic carbocycles. The van der Waals surface area contributed by atoms with Crippen LogP contribution in [0.5, 0.6) is 0 Å². The zero-order valence-corrected chi connectivity index (χ0v) is 13.9. The summed E-state index contributed by atoms with van der Waals surface area (Å²) in [7, 11) is 0. The van der Waals surface area contributed by atoms with E-state index in [0.717, 1.165) is 0 Å². The Kier molecular flexibility index (Phi) is 7.67. The standard InChI is InChI=1S/C16H23N3O5/c1-11(2)6-12(7-14(20)21)8-18-16(23)24-10-19-5-3-4-13(9-19)15(17)22/h3-5,9,11-12H,6-8,10H2,1-2H3,(H3-,17,18,20,21,22,23)/p+1/t12-/m0/s1. The lowest BCUT2D eigenvalue weighted by atomic mass is 9.94. The first kappa shape index (κ1) is 19.4. The van der Waals surface area contributed by atoms with Gasteiger partial charge in [0.05, 0.1) is 0 Å². The Morgan fingerprint density at radius 1 is 1.38 bits per heavy atom. The molecule has 1 aromatic rings. The Labute approximate surface area is 140 Å². The number of hydrogen-bond acceptors (Lipinski definition) is 4. The number of amides is 2. The molecule has 1 aromatic heterocycles. The second-order valence-corrected chi connectivity index (χ2v) is 6.01. The SMILES string of the molecule is CC(C)C[C@H](CNC(=O)OC[n+]1cccc(C(N)=O)c1)CC(=O)O. The maximum atomic E-state index is 11.7. The number of nitrogens with two attached hydrogens (primary N) is 1. The van der Waals surface area contributed by atoms with Crippen molar-refractivity contribution >= 4 is 18.0 Å². The number of aromatic nitrogens is 1. The van der Waals surface area contributed by atoms with Gasteiger partial charge in [0.25, 0.3) is 12.6 Å². The normalized spacial score (nSPS) is 11.8. The minimum atomic E-state index is -0.894. The maximum Gasteiger partial charge on any atom is 0.412 e. The first-order valence-electron chi connectivity index (χ1n) is 7.69. The molecule has 0 saturated carbocycles. The number of carbonyl (C=O) groups is 3. The smallest absolute Gasteiger partial charge is 0.412 e. The summed E-state index contributed by atoms with van der Waals surface area (Å²) in [5.74, 6) is -1.28. The number of ether oxygens (including phenoxy) is 1. The van der Waals surface area contributed by atoms with E-state index in [1.807, 2.05) is 13.8 Å². The molecular formula is C16H24N3O5+. The number of carboxylic acid groups (broad SMARTS) is 1. The van der Waals surface area contributed by atoms with Crippen molar-refractivity contribution in [1.82, 2.24) is 5.32 Å². The van der Waals surface area contributed by atoms with Gasteiger partial charge in [0.2, 0.25) is 0 Å². The first-order valence-corrected chi connectivity index (χ1v) is 7.69. The molecule has 24 heavy (non-hydrogen) atoms. The summed E-state index contributed by atoms with van der Waals surface area (Å²) in [4.78, 5) is 33.7. The summed E-state index contributed by atoms with van der Waals surface area (Å²) in [6.07, 6.45) is 3.15. The van der Waals surface area contributed by atoms with Crippen LogP contribution in [0, 0.1) is 11.8 Å². The molecule has 1 heterocycles. The van der Waals surface area contributed by atoms with Crippen LogP contribution in [0.2, 0.25) is 0 Å². The van der Waals surface area contributed by atoms with Crippen molar-refractivity contribution in [3.63, 3.8) is 0 Å². The third-order valence-corrected chi connectivity index (χ3v) is 3.29. The van der Waals surface area contributed by atoms with Crippen LogP contribution in [0.1, 0.15) is 37.0 Å². The van der Waals surface area contributed by atoms with E-state index in [1.165, 1.54) is 10.8 Å². The quantitative estimate of drug-likeness (QED) is 0.577. The number of alkyl carbamates (subject to hydrolysis) is 1. The van der Waals surface area contributed by atoms with Crippen LogP contribution < -0.4 is 15.6 Å². The summed E-state index contributed by atoms with van der Waals surface area (Å²) in [6.45, 7) is 4.14. The predicted octanol–water partition coefficient (Wildman–Crippen LogP) is 0.894. The molecule has 0 bridgehead atoms. The highest BCUT2D eigenvalue weighted by atomic mass is 16.6. The third-order valence-electron chi connectivity index (χ3n) is 3.29. The number of carboxylic acids is 1. The number of carbonyl (C=O) groups excluding carboxylic acids is 2. The van der Waals surface area contributed by atoms with Crippen molar-refractivity contribution in [2.75, 3.05) is 6.54 Å². The molecule has 0 fully saturated rings. The Bertz CT molecular complexity index is 589. The van der Waals surface area contributed by atoms with Gasteiger partial charge >= 0.3 is 12.1 Å². The monoisotopic (exact) mass is 338 g/mol. The van der Waals surface area contributed by atoms with Gasteiger partial charge < -0.3 is 20.9 Å². The van der Waals surface area contributed by atoms with E-state index in [9.17, 15) is 14.4 Å². The average Bonchev–Trinajstić information content (AvgIpc) is 2.49. The molecule has 132 valence electrons. The molecule has 0 saturated heterocycles. The van der Waals surface area contributed by atoms with Crippen LogP contribution in [-0.4, -0.2) is 29.6 Å². The summed E-state index contributed by atoms with van der Waals surface area (Å²) < 4.78 is 6.54. The van der Waals surface area contributed by atoms with E-state index in [-0.39, 0.29) is 25.6 Å². The molecule has 0 spiro atoms. The van der Waals surface area contributed by atoms with Crippen molar-refractivity contribution < 1.29 is 28.8 Å². The van der Waals surface area contributed by atoms with Gasteiger partial charge in [0.1, 0.15) is 5.56 Å². The number of nitrogens with zero attached hydrogens (tertiary/aromatic N) is 1. The van der Waals surface area contributed by atoms with Crippen molar-refractivity contribution in [2.24, 2.45) is 17.6 Å². The number of hydrogen-bond donors (Lipinski definition) is 3. The maximum absolute atomic E-state index is 11.7. The van der Waals surface area contributed by atoms with Gasteiger partial charge in [-0.2, -0.15) is 4.57 Å². The van der Waals surface area contributed by atoms with Crippen molar-refractivity contribution in [1.29, 1.82) is 0 Å². The number of aliphatic carboxylic acids is 1. The van der Waals surface area contributed by atoms with E-state index in [2.05, 4.69) is 5.32 Å². The molecule has 2 amide bonds. The Morgan fingerprint density at radius 3 is 2.67 bits per heavy atom. The summed E-state index contributed by atoms with van der Waals surface area (Å²) in [5, 5.41) is 11.5. The van der Waals surface area contributed by atoms with E-state index >= 15 is 0 Å². The molecule has 8 heteroatoms. The van der Waals surface area contributed by atoms with Crippen LogP contribution in [0.25, 0.3) is 0 Å². The fourth-order valence-corrected chi connectivity index (χ4v) is 2.31. The van der Waals surface area contributed by atoms with Gasteiger partial charge in [-0.3, -0.25) is 9.59 Å². The van der Waals surface area contributed by atoms with Crippen LogP contribution in [0.4, 0.5) is 4.79 Å². The molecule has 0 aliphatic heterocycles. The van der Waals surface area contributed by atoms with Crippen LogP contribution in [0.3, 0.4) is 0 Å². The van der Waals surface area contributed by atoms with Gasteiger partial charge in [0, 0.05) is 19.0 Å². The molecule has 1 atom stereocenters. The van der Waals surface area contributed by atoms with E-state index in [1.54, 1.807) is 18.3 Å². The van der Waals surface area contributed by atoms with Gasteiger partial charge in [-0.15, -0.1) is 0 Å². The lowest BCUT2D eigenvalue weighted by Crippen LogP contribution is -2.39. The molecule has 1 rings (SSSR count). The Balaban J connectivity index is 2.46. The summed E-state index contributed by atoms with van der Waals surface area (Å²) in [6, 6.07) is 3.17. The Morgan fingerprint density at radius 2 is 2.08 bits per heavy atom. The summed E-state index contributed by atoms with van der Waals surface area (Å²) in [5.41, 5.74) is 5.48. The van der Waals surface area contributed by atoms with E-state index in [0.29, 0.717) is 17.9 Å². The molecule has 0 unspecified atom stereocenters. The molecule has 0 radical (unpaired) electrons. The largest absolute Gasteiger partial charge is 0.481 e. The zero-order valence-electron chi connectivity index (χ0n) is 13.9. The number of primary amides is 1. The lowest BCUT2D eigenvalue weighted by molar-refractivity contribution is -0.727. The van der Waals surface area contributed by atoms with Gasteiger partial charge in [-0.25, -0.2) is 4.79 Å². The molecule has 0 aliphatic rings. The fraction of sp³-hybridized carbons (Fsp3) is 0.500. The van der Waals surface area contributed by atoms with E-state index < -0.39 is 18.0 Å². The lowest BCUT2D eigenvalue weighted by Gasteiger charge is -2.17. The van der Waals surface area contributed by atoms with Crippen molar-refractivity contribution in [2.45, 2.75) is 33.4 Å². The minimum absolute atomic E-state index is 0.00608. The zero-order chi connectivity index (χ0) is 18.1. The highest BCUT2D eigenvalue weighted by Crippen LogP contribution is 2.14. The molecule has 8 nitrogen and oxygen atoms in total. The van der Waals surface area contributed by atoms with Gasteiger partial charge in [-0.05, 0) is 24.3 Å². The highest BCUT2D eigenvalue weighted by Gasteiger charge is 2.17. The minimum Gasteiger partial charge on any atom is -0.481 e. The number of pyridine rings is 1. The second-order valence-electron chi connectivity index (χ2n) is 6.01. The Hall–Kier alpha value is -2.64. The number of rotatable bonds is 9. The van der Waals surface area contributed by atoms with E-state index in [4.69, 9.17) is 15.6 Å². The first-order chi connectivity index (χ1) is 11.3.